The first-order valence-corrected chi connectivity index (χ1v) is 19.3. The second-order valence-corrected chi connectivity index (χ2v) is 18.9. The molecule has 4 atom stereocenters. The molecular formula is C38H42FN5O5Si. The number of nitrogen functional groups attached to an aromatic ring is 1. The molecule has 0 bridgehead atoms. The summed E-state index contributed by atoms with van der Waals surface area (Å²) in [5.41, 5.74) is 3.34. The van der Waals surface area contributed by atoms with Crippen LogP contribution in [0.15, 0.2) is 89.7 Å². The predicted octanol–water partition coefficient (Wildman–Crippen LogP) is 5.71. The number of aromatic amines is 1. The van der Waals surface area contributed by atoms with Gasteiger partial charge in [0.15, 0.2) is 25.7 Å². The zero-order valence-corrected chi connectivity index (χ0v) is 30.0. The molecule has 1 aliphatic heterocycles. The van der Waals surface area contributed by atoms with Crippen LogP contribution in [0.5, 0.6) is 5.75 Å². The number of hydrogen-bond donors (Lipinski definition) is 3. The molecule has 3 aromatic carbocycles. The first-order chi connectivity index (χ1) is 23.7. The number of anilines is 1. The summed E-state index contributed by atoms with van der Waals surface area (Å²) in [5.74, 6) is 2.76. The van der Waals surface area contributed by atoms with Crippen LogP contribution in [0.2, 0.25) is 18.1 Å². The highest BCUT2D eigenvalue weighted by molar-refractivity contribution is 6.74. The summed E-state index contributed by atoms with van der Waals surface area (Å²) in [6, 6.07) is 26.4. The van der Waals surface area contributed by atoms with Gasteiger partial charge in [-0.3, -0.25) is 14.3 Å². The van der Waals surface area contributed by atoms with Crippen LogP contribution < -0.4 is 16.0 Å². The van der Waals surface area contributed by atoms with Gasteiger partial charge in [-0.2, -0.15) is 4.98 Å². The second-order valence-electron chi connectivity index (χ2n) is 14.1. The van der Waals surface area contributed by atoms with Gasteiger partial charge >= 0.3 is 0 Å². The van der Waals surface area contributed by atoms with Crippen molar-refractivity contribution >= 4 is 25.4 Å². The smallest absolute Gasteiger partial charge is 0.280 e. The molecule has 3 heterocycles. The fourth-order valence-corrected chi connectivity index (χ4v) is 7.40. The van der Waals surface area contributed by atoms with Gasteiger partial charge in [0.25, 0.3) is 5.56 Å². The van der Waals surface area contributed by atoms with Gasteiger partial charge in [-0.25, -0.2) is 9.37 Å². The van der Waals surface area contributed by atoms with Crippen LogP contribution in [0.1, 0.15) is 49.5 Å². The highest BCUT2D eigenvalue weighted by Crippen LogP contribution is 2.50. The first-order valence-electron chi connectivity index (χ1n) is 16.4. The van der Waals surface area contributed by atoms with Crippen molar-refractivity contribution < 1.29 is 23.4 Å². The average Bonchev–Trinajstić information content (AvgIpc) is 3.59. The number of alkyl halides is 1. The lowest BCUT2D eigenvalue weighted by Crippen LogP contribution is -2.46. The van der Waals surface area contributed by atoms with E-state index >= 15 is 4.39 Å². The van der Waals surface area contributed by atoms with Gasteiger partial charge in [-0.15, -0.1) is 6.42 Å². The van der Waals surface area contributed by atoms with Gasteiger partial charge < -0.3 is 24.7 Å². The Morgan fingerprint density at radius 3 is 2.10 bits per heavy atom. The third-order valence-electron chi connectivity index (χ3n) is 10.2. The van der Waals surface area contributed by atoms with Crippen LogP contribution in [0.3, 0.4) is 0 Å². The van der Waals surface area contributed by atoms with Gasteiger partial charge in [0.05, 0.1) is 13.7 Å². The van der Waals surface area contributed by atoms with Crippen LogP contribution in [-0.4, -0.2) is 64.5 Å². The number of nitrogens with zero attached hydrogens (tertiary/aromatic N) is 3. The maximum absolute atomic E-state index is 17.5. The minimum atomic E-state index is -2.80. The van der Waals surface area contributed by atoms with E-state index in [1.807, 2.05) is 84.9 Å². The number of ether oxygens (including phenoxy) is 2. The largest absolute Gasteiger partial charge is 0.497 e. The van der Waals surface area contributed by atoms with Crippen molar-refractivity contribution in [2.75, 3.05) is 19.5 Å². The number of imidazole rings is 1. The van der Waals surface area contributed by atoms with Gasteiger partial charge in [0.1, 0.15) is 29.2 Å². The molecule has 0 spiro atoms. The van der Waals surface area contributed by atoms with Gasteiger partial charge in [0, 0.05) is 0 Å². The molecule has 5 aromatic rings. The summed E-state index contributed by atoms with van der Waals surface area (Å²) < 4.78 is 37.2. The Morgan fingerprint density at radius 2 is 1.58 bits per heavy atom. The summed E-state index contributed by atoms with van der Waals surface area (Å²) in [5, 5.41) is 11.4. The molecule has 4 N–H and O–H groups in total. The predicted molar refractivity (Wildman–Crippen MR) is 193 cm³/mol. The molecule has 1 saturated heterocycles. The monoisotopic (exact) mass is 695 g/mol. The number of aliphatic hydroxyl groups excluding tert-OH is 1. The summed E-state index contributed by atoms with van der Waals surface area (Å²) in [6.07, 6.45) is 1.28. The van der Waals surface area contributed by atoms with Crippen LogP contribution >= 0.6 is 0 Å². The summed E-state index contributed by atoms with van der Waals surface area (Å²) in [7, 11) is -0.779. The number of rotatable bonds is 9. The number of aliphatic hydroxyl groups is 1. The number of H-pyrrole nitrogens is 1. The molecule has 1 aliphatic rings. The molecule has 1 fully saturated rings. The van der Waals surface area contributed by atoms with E-state index in [1.165, 1.54) is 4.57 Å². The molecule has 0 unspecified atom stereocenters. The lowest BCUT2D eigenvalue weighted by Gasteiger charge is -2.37. The van der Waals surface area contributed by atoms with Crippen molar-refractivity contribution in [3.63, 3.8) is 0 Å². The van der Waals surface area contributed by atoms with Gasteiger partial charge in [-0.05, 0) is 47.0 Å². The van der Waals surface area contributed by atoms with Crippen molar-refractivity contribution in [3.8, 4) is 18.1 Å². The summed E-state index contributed by atoms with van der Waals surface area (Å²) in [4.78, 5) is 25.5. The van der Waals surface area contributed by atoms with Crippen molar-refractivity contribution in [2.45, 2.75) is 68.4 Å². The lowest BCUT2D eigenvalue weighted by atomic mass is 9.68. The lowest BCUT2D eigenvalue weighted by molar-refractivity contribution is -0.0500. The van der Waals surface area contributed by atoms with Crippen molar-refractivity contribution in [1.82, 2.24) is 19.5 Å². The SMILES string of the molecule is C#C[C@@]1(F)[C@H](O)[C@@H](CO[Si](C)(C)C(C)(C)C)O[C@@H]1n1c(C(c2ccccc2)(c2ccccc2)c2ccc(OC)cc2)nc2c(=O)[nH]c(N)nc21. The molecule has 50 heavy (non-hydrogen) atoms. The minimum absolute atomic E-state index is 0.0635. The standard InChI is InChI=1S/C38H42FN5O5Si/c1-8-37(39)30(45)28(23-48-50(6,7)36(2,3)4)49-34(37)44-31-29(32(46)43-35(40)42-31)41-33(44)38(24-15-11-9-12-16-24,25-17-13-10-14-18-25)26-19-21-27(47-5)22-20-26/h1,9-22,28,30,34,45H,23H2,2-7H3,(H3,40,42,43,46)/t28-,30-,34+,37-/m1/s1. The molecule has 0 radical (unpaired) electrons. The Hall–Kier alpha value is -4.80. The number of benzene rings is 3. The van der Waals surface area contributed by atoms with Crippen LogP contribution in [0.4, 0.5) is 10.3 Å². The molecule has 12 heteroatoms. The number of methoxy groups -OCH3 is 1. The fourth-order valence-electron chi connectivity index (χ4n) is 6.39. The third kappa shape index (κ3) is 5.60. The molecule has 0 saturated carbocycles. The number of fused-ring (bicyclic) bond motifs is 1. The Labute approximate surface area is 291 Å². The number of terminal acetylenes is 1. The molecule has 260 valence electrons. The first kappa shape index (κ1) is 35.0. The minimum Gasteiger partial charge on any atom is -0.497 e. The van der Waals surface area contributed by atoms with Crippen molar-refractivity contribution in [3.05, 3.63) is 118 Å². The Bertz CT molecular complexity index is 2050. The maximum Gasteiger partial charge on any atom is 0.280 e. The van der Waals surface area contributed by atoms with Crippen molar-refractivity contribution in [1.29, 1.82) is 0 Å². The third-order valence-corrected chi connectivity index (χ3v) is 14.7. The number of aromatic nitrogens is 4. The fraction of sp³-hybridized carbons (Fsp3) is 0.342. The Kier molecular flexibility index (Phi) is 8.99. The average molecular weight is 696 g/mol. The van der Waals surface area contributed by atoms with E-state index in [4.69, 9.17) is 31.0 Å². The van der Waals surface area contributed by atoms with E-state index < -0.39 is 43.4 Å². The summed E-state index contributed by atoms with van der Waals surface area (Å²) >= 11 is 0. The van der Waals surface area contributed by atoms with E-state index in [0.717, 1.165) is 11.1 Å². The number of nitrogens with two attached hydrogens (primary N) is 1. The second kappa shape index (κ2) is 12.8. The van der Waals surface area contributed by atoms with Crippen molar-refractivity contribution in [2.24, 2.45) is 0 Å². The maximum atomic E-state index is 17.5. The van der Waals surface area contributed by atoms with E-state index in [9.17, 15) is 9.90 Å². The van der Waals surface area contributed by atoms with Crippen LogP contribution in [-0.2, 0) is 14.6 Å². The van der Waals surface area contributed by atoms with Crippen LogP contribution in [0.25, 0.3) is 11.2 Å². The molecule has 10 nitrogen and oxygen atoms in total. The highest BCUT2D eigenvalue weighted by Gasteiger charge is 2.60. The molecule has 0 aliphatic carbocycles. The van der Waals surface area contributed by atoms with Gasteiger partial charge in [0.2, 0.25) is 11.6 Å². The van der Waals surface area contributed by atoms with E-state index in [2.05, 4.69) is 49.8 Å². The molecular weight excluding hydrogens is 654 g/mol. The number of hydrogen-bond acceptors (Lipinski definition) is 8. The molecule has 0 amide bonds. The molecule has 6 rings (SSSR count). The molecule has 2 aromatic heterocycles. The topological polar surface area (TPSA) is 138 Å². The summed E-state index contributed by atoms with van der Waals surface area (Å²) in [6.45, 7) is 10.2. The van der Waals surface area contributed by atoms with E-state index in [0.29, 0.717) is 11.3 Å². The van der Waals surface area contributed by atoms with E-state index in [-0.39, 0.29) is 34.6 Å². The Balaban J connectivity index is 1.69. The highest BCUT2D eigenvalue weighted by atomic mass is 28.4. The van der Waals surface area contributed by atoms with Crippen LogP contribution in [0, 0.1) is 12.3 Å². The van der Waals surface area contributed by atoms with E-state index in [1.54, 1.807) is 7.11 Å². The zero-order chi connectivity index (χ0) is 36.1. The van der Waals surface area contributed by atoms with Gasteiger partial charge in [-0.1, -0.05) is 99.5 Å². The number of halogens is 1. The zero-order valence-electron chi connectivity index (χ0n) is 29.0. The quantitative estimate of drug-likeness (QED) is 0.101. The normalized spacial score (nSPS) is 21.3. The Morgan fingerprint density at radius 1 is 1.02 bits per heavy atom. The number of nitrogens with one attached hydrogen (secondary N) is 1.